The number of nitrogens with one attached hydrogen (secondary N) is 1. The van der Waals surface area contributed by atoms with E-state index in [0.717, 1.165) is 5.75 Å². The molecule has 3 N–H and O–H groups in total. The van der Waals surface area contributed by atoms with Gasteiger partial charge < -0.3 is 25.3 Å². The summed E-state index contributed by atoms with van der Waals surface area (Å²) >= 11 is 0. The van der Waals surface area contributed by atoms with E-state index in [4.69, 9.17) is 19.9 Å². The second-order valence-electron chi connectivity index (χ2n) is 6.26. The summed E-state index contributed by atoms with van der Waals surface area (Å²) in [6, 6.07) is 20.6. The molecule has 0 bridgehead atoms. The van der Waals surface area contributed by atoms with Crippen molar-refractivity contribution >= 4 is 17.5 Å². The van der Waals surface area contributed by atoms with Crippen molar-refractivity contribution in [2.24, 2.45) is 5.73 Å². The zero-order valence-electron chi connectivity index (χ0n) is 16.5. The molecule has 7 heteroatoms. The van der Waals surface area contributed by atoms with Crippen LogP contribution in [0.5, 0.6) is 23.0 Å². The third kappa shape index (κ3) is 6.00. The molecular formula is C23H22N2O5. The number of hydrogen-bond acceptors (Lipinski definition) is 5. The number of nitrogens with two attached hydrogens (primary N) is 1. The van der Waals surface area contributed by atoms with Crippen LogP contribution in [0.15, 0.2) is 72.8 Å². The molecule has 0 saturated carbocycles. The fourth-order valence-electron chi connectivity index (χ4n) is 2.57. The lowest BCUT2D eigenvalue weighted by atomic mass is 10.2. The normalized spacial score (nSPS) is 10.2. The Labute approximate surface area is 174 Å². The molecule has 0 spiro atoms. The first-order valence-corrected chi connectivity index (χ1v) is 9.37. The van der Waals surface area contributed by atoms with Gasteiger partial charge in [-0.05, 0) is 79.7 Å². The number of carbonyl (C=O) groups is 2. The molecule has 0 unspecified atom stereocenters. The van der Waals surface area contributed by atoms with Gasteiger partial charge in [0.2, 0.25) is 5.91 Å². The van der Waals surface area contributed by atoms with Gasteiger partial charge in [0.25, 0.3) is 5.91 Å². The van der Waals surface area contributed by atoms with Crippen LogP contribution in [0.25, 0.3) is 0 Å². The molecule has 0 aromatic heterocycles. The average Bonchev–Trinajstić information content (AvgIpc) is 2.75. The predicted octanol–water partition coefficient (Wildman–Crippen LogP) is 3.99. The van der Waals surface area contributed by atoms with E-state index in [-0.39, 0.29) is 12.5 Å². The predicted molar refractivity (Wildman–Crippen MR) is 113 cm³/mol. The third-order valence-electron chi connectivity index (χ3n) is 4.02. The van der Waals surface area contributed by atoms with E-state index >= 15 is 0 Å². The monoisotopic (exact) mass is 406 g/mol. The van der Waals surface area contributed by atoms with Crippen molar-refractivity contribution < 1.29 is 23.8 Å². The maximum absolute atomic E-state index is 12.1. The summed E-state index contributed by atoms with van der Waals surface area (Å²) in [6.07, 6.45) is 0. The summed E-state index contributed by atoms with van der Waals surface area (Å²) in [4.78, 5) is 23.1. The minimum atomic E-state index is -0.519. The van der Waals surface area contributed by atoms with Gasteiger partial charge in [-0.2, -0.15) is 0 Å². The lowest BCUT2D eigenvalue weighted by Gasteiger charge is -2.10. The van der Waals surface area contributed by atoms with Crippen LogP contribution in [0, 0.1) is 0 Å². The van der Waals surface area contributed by atoms with Crippen molar-refractivity contribution in [1.29, 1.82) is 0 Å². The molecule has 0 saturated heterocycles. The van der Waals surface area contributed by atoms with E-state index in [9.17, 15) is 9.59 Å². The fourth-order valence-corrected chi connectivity index (χ4v) is 2.57. The Morgan fingerprint density at radius 3 is 1.83 bits per heavy atom. The van der Waals surface area contributed by atoms with Crippen LogP contribution in [0.1, 0.15) is 17.3 Å². The SMILES string of the molecule is CCOc1ccc(Oc2ccc(NC(=O)COc3ccc(C(N)=O)cc3)cc2)cc1. The molecule has 30 heavy (non-hydrogen) atoms. The summed E-state index contributed by atoms with van der Waals surface area (Å²) < 4.78 is 16.6. The summed E-state index contributed by atoms with van der Waals surface area (Å²) in [5.74, 6) is 1.75. The molecule has 0 atom stereocenters. The molecule has 2 amide bonds. The highest BCUT2D eigenvalue weighted by Crippen LogP contribution is 2.25. The van der Waals surface area contributed by atoms with Gasteiger partial charge in [0.15, 0.2) is 6.61 Å². The highest BCUT2D eigenvalue weighted by atomic mass is 16.5. The highest BCUT2D eigenvalue weighted by Gasteiger charge is 2.06. The second kappa shape index (κ2) is 9.97. The Kier molecular flexibility index (Phi) is 6.89. The Balaban J connectivity index is 1.48. The Hall–Kier alpha value is -4.00. The Morgan fingerprint density at radius 1 is 0.767 bits per heavy atom. The number of primary amides is 1. The number of anilines is 1. The van der Waals surface area contributed by atoms with Crippen LogP contribution in [-0.2, 0) is 4.79 Å². The molecule has 0 heterocycles. The minimum Gasteiger partial charge on any atom is -0.494 e. The van der Waals surface area contributed by atoms with Gasteiger partial charge >= 0.3 is 0 Å². The van der Waals surface area contributed by atoms with E-state index in [1.165, 1.54) is 0 Å². The summed E-state index contributed by atoms with van der Waals surface area (Å²) in [6.45, 7) is 2.37. The average molecular weight is 406 g/mol. The van der Waals surface area contributed by atoms with Gasteiger partial charge in [-0.1, -0.05) is 0 Å². The van der Waals surface area contributed by atoms with Crippen molar-refractivity contribution in [2.75, 3.05) is 18.5 Å². The van der Waals surface area contributed by atoms with Gasteiger partial charge in [0.1, 0.15) is 23.0 Å². The molecule has 0 aliphatic carbocycles. The van der Waals surface area contributed by atoms with Crippen LogP contribution < -0.4 is 25.3 Å². The van der Waals surface area contributed by atoms with Gasteiger partial charge in [-0.15, -0.1) is 0 Å². The molecule has 3 rings (SSSR count). The van der Waals surface area contributed by atoms with Gasteiger partial charge in [0.05, 0.1) is 6.61 Å². The maximum atomic E-state index is 12.1. The van der Waals surface area contributed by atoms with Crippen molar-refractivity contribution in [3.05, 3.63) is 78.4 Å². The topological polar surface area (TPSA) is 99.9 Å². The van der Waals surface area contributed by atoms with Crippen molar-refractivity contribution in [1.82, 2.24) is 0 Å². The van der Waals surface area contributed by atoms with Crippen molar-refractivity contribution in [3.63, 3.8) is 0 Å². The summed E-state index contributed by atoms with van der Waals surface area (Å²) in [5, 5.41) is 2.74. The van der Waals surface area contributed by atoms with Gasteiger partial charge in [-0.25, -0.2) is 0 Å². The number of amides is 2. The minimum absolute atomic E-state index is 0.166. The zero-order valence-corrected chi connectivity index (χ0v) is 16.5. The number of ether oxygens (including phenoxy) is 3. The van der Waals surface area contributed by atoms with Gasteiger partial charge in [-0.3, -0.25) is 9.59 Å². The zero-order chi connectivity index (χ0) is 21.3. The largest absolute Gasteiger partial charge is 0.494 e. The van der Waals surface area contributed by atoms with E-state index < -0.39 is 5.91 Å². The van der Waals surface area contributed by atoms with Crippen LogP contribution in [-0.4, -0.2) is 25.0 Å². The molecule has 0 fully saturated rings. The first-order valence-electron chi connectivity index (χ1n) is 9.37. The number of carbonyl (C=O) groups excluding carboxylic acids is 2. The van der Waals surface area contributed by atoms with Crippen LogP contribution in [0.2, 0.25) is 0 Å². The van der Waals surface area contributed by atoms with Crippen molar-refractivity contribution in [2.45, 2.75) is 6.92 Å². The Bertz CT molecular complexity index is 984. The first-order chi connectivity index (χ1) is 14.5. The molecule has 3 aromatic rings. The molecule has 7 nitrogen and oxygen atoms in total. The lowest BCUT2D eigenvalue weighted by molar-refractivity contribution is -0.118. The number of hydrogen-bond donors (Lipinski definition) is 2. The fraction of sp³-hybridized carbons (Fsp3) is 0.130. The van der Waals surface area contributed by atoms with Crippen LogP contribution >= 0.6 is 0 Å². The third-order valence-corrected chi connectivity index (χ3v) is 4.02. The maximum Gasteiger partial charge on any atom is 0.262 e. The summed E-state index contributed by atoms with van der Waals surface area (Å²) in [5.41, 5.74) is 6.18. The van der Waals surface area contributed by atoms with E-state index in [2.05, 4.69) is 5.32 Å². The van der Waals surface area contributed by atoms with E-state index in [1.54, 1.807) is 48.5 Å². The molecular weight excluding hydrogens is 384 g/mol. The quantitative estimate of drug-likeness (QED) is 0.560. The van der Waals surface area contributed by atoms with E-state index in [0.29, 0.717) is 35.1 Å². The smallest absolute Gasteiger partial charge is 0.262 e. The molecule has 0 aliphatic heterocycles. The molecule has 0 radical (unpaired) electrons. The molecule has 0 aliphatic rings. The van der Waals surface area contributed by atoms with Crippen LogP contribution in [0.3, 0.4) is 0 Å². The van der Waals surface area contributed by atoms with Gasteiger partial charge in [0, 0.05) is 11.3 Å². The Morgan fingerprint density at radius 2 is 1.27 bits per heavy atom. The van der Waals surface area contributed by atoms with Crippen molar-refractivity contribution in [3.8, 4) is 23.0 Å². The molecule has 154 valence electrons. The standard InChI is InChI=1S/C23H22N2O5/c1-2-28-18-11-13-21(14-12-18)30-20-9-5-17(6-10-20)25-22(26)15-29-19-7-3-16(4-8-19)23(24)27/h3-14H,2,15H2,1H3,(H2,24,27)(H,25,26). The number of rotatable bonds is 9. The highest BCUT2D eigenvalue weighted by molar-refractivity contribution is 5.93. The second-order valence-corrected chi connectivity index (χ2v) is 6.26. The number of benzene rings is 3. The molecule has 3 aromatic carbocycles. The first kappa shape index (κ1) is 20.7. The van der Waals surface area contributed by atoms with Crippen LogP contribution in [0.4, 0.5) is 5.69 Å². The lowest BCUT2D eigenvalue weighted by Crippen LogP contribution is -2.20. The summed E-state index contributed by atoms with van der Waals surface area (Å²) in [7, 11) is 0. The van der Waals surface area contributed by atoms with E-state index in [1.807, 2.05) is 31.2 Å².